The van der Waals surface area contributed by atoms with Crippen LogP contribution >= 0.6 is 0 Å². The van der Waals surface area contributed by atoms with Gasteiger partial charge in [0.1, 0.15) is 0 Å². The summed E-state index contributed by atoms with van der Waals surface area (Å²) in [5.74, 6) is 1.05. The van der Waals surface area contributed by atoms with Gasteiger partial charge < -0.3 is 15.3 Å². The van der Waals surface area contributed by atoms with Crippen LogP contribution in [0.5, 0.6) is 0 Å². The molecule has 0 radical (unpaired) electrons. The maximum absolute atomic E-state index is 11.1. The van der Waals surface area contributed by atoms with Gasteiger partial charge in [-0.1, -0.05) is 27.7 Å². The molecule has 0 aromatic rings. The quantitative estimate of drug-likeness (QED) is 0.642. The van der Waals surface area contributed by atoms with Crippen LogP contribution in [0.15, 0.2) is 0 Å². The molecule has 9 atom stereocenters. The molecule has 4 fully saturated rings. The van der Waals surface area contributed by atoms with E-state index in [4.69, 9.17) is 0 Å². The van der Waals surface area contributed by atoms with Crippen molar-refractivity contribution in [1.29, 1.82) is 0 Å². The highest BCUT2D eigenvalue weighted by Gasteiger charge is 2.75. The van der Waals surface area contributed by atoms with Crippen LogP contribution in [-0.4, -0.2) is 33.1 Å². The molecule has 0 aromatic carbocycles. The van der Waals surface area contributed by atoms with Gasteiger partial charge in [0.15, 0.2) is 0 Å². The summed E-state index contributed by atoms with van der Waals surface area (Å²) in [5.41, 5.74) is -0.330. The van der Waals surface area contributed by atoms with Gasteiger partial charge >= 0.3 is 0 Å². The molecular weight excluding hydrogens is 288 g/mol. The zero-order valence-electron chi connectivity index (χ0n) is 15.3. The Bertz CT molecular complexity index is 527. The van der Waals surface area contributed by atoms with Crippen molar-refractivity contribution in [3.63, 3.8) is 0 Å². The smallest absolute Gasteiger partial charge is 0.0835 e. The van der Waals surface area contributed by atoms with E-state index in [0.29, 0.717) is 11.8 Å². The van der Waals surface area contributed by atoms with Gasteiger partial charge in [0.25, 0.3) is 0 Å². The minimum atomic E-state index is -0.623. The third-order valence-corrected chi connectivity index (χ3v) is 9.48. The number of fused-ring (bicyclic) bond motifs is 1. The predicted molar refractivity (Wildman–Crippen MR) is 89.7 cm³/mol. The van der Waals surface area contributed by atoms with Crippen molar-refractivity contribution in [2.24, 2.45) is 39.9 Å². The third kappa shape index (κ3) is 1.63. The van der Waals surface area contributed by atoms with Crippen LogP contribution < -0.4 is 0 Å². The highest BCUT2D eigenvalue weighted by Crippen LogP contribution is 2.78. The van der Waals surface area contributed by atoms with Crippen LogP contribution in [0.3, 0.4) is 0 Å². The first kappa shape index (κ1) is 16.4. The molecule has 2 bridgehead atoms. The summed E-state index contributed by atoms with van der Waals surface area (Å²) in [7, 11) is 0. The fourth-order valence-corrected chi connectivity index (χ4v) is 8.28. The number of hydrogen-bond acceptors (Lipinski definition) is 3. The Kier molecular flexibility index (Phi) is 3.09. The zero-order chi connectivity index (χ0) is 17.0. The molecule has 0 aromatic heterocycles. The van der Waals surface area contributed by atoms with Gasteiger partial charge in [-0.15, -0.1) is 0 Å². The Hall–Kier alpha value is -0.120. The van der Waals surface area contributed by atoms with E-state index in [0.717, 1.165) is 32.1 Å². The predicted octanol–water partition coefficient (Wildman–Crippen LogP) is 2.97. The Morgan fingerprint density at radius 3 is 2.17 bits per heavy atom. The van der Waals surface area contributed by atoms with E-state index in [1.807, 2.05) is 6.92 Å². The van der Waals surface area contributed by atoms with Crippen molar-refractivity contribution in [3.05, 3.63) is 0 Å². The average Bonchev–Trinajstić information content (AvgIpc) is 2.81. The molecule has 0 aliphatic heterocycles. The van der Waals surface area contributed by atoms with Gasteiger partial charge in [-0.3, -0.25) is 0 Å². The number of hydrogen-bond donors (Lipinski definition) is 3. The van der Waals surface area contributed by atoms with Crippen molar-refractivity contribution in [2.45, 2.75) is 84.5 Å². The maximum atomic E-state index is 11.1. The van der Waals surface area contributed by atoms with E-state index in [9.17, 15) is 15.3 Å². The van der Waals surface area contributed by atoms with Gasteiger partial charge in [-0.25, -0.2) is 0 Å². The van der Waals surface area contributed by atoms with Crippen molar-refractivity contribution < 1.29 is 15.3 Å². The Morgan fingerprint density at radius 1 is 0.870 bits per heavy atom. The molecule has 3 nitrogen and oxygen atoms in total. The first-order chi connectivity index (χ1) is 10.5. The van der Waals surface area contributed by atoms with E-state index in [1.165, 1.54) is 0 Å². The largest absolute Gasteiger partial charge is 0.390 e. The summed E-state index contributed by atoms with van der Waals surface area (Å²) in [6, 6.07) is 0. The standard InChI is InChI=1S/C20H34O3/c1-11-14(21)15(22)13-10-18(4)7-6-12-16(18)20(11,17(13,2)3)9-8-19(12,5)23/h11-16,21-23H,6-10H2,1-5H3. The summed E-state index contributed by atoms with van der Waals surface area (Å²) in [4.78, 5) is 0. The molecule has 1 spiro atoms. The van der Waals surface area contributed by atoms with E-state index in [2.05, 4.69) is 27.7 Å². The fourth-order valence-electron chi connectivity index (χ4n) is 8.28. The van der Waals surface area contributed by atoms with Gasteiger partial charge in [-0.05, 0) is 78.9 Å². The topological polar surface area (TPSA) is 60.7 Å². The maximum Gasteiger partial charge on any atom is 0.0835 e. The van der Waals surface area contributed by atoms with Gasteiger partial charge in [0.2, 0.25) is 0 Å². The summed E-state index contributed by atoms with van der Waals surface area (Å²) in [6.45, 7) is 11.3. The molecule has 0 heterocycles. The fraction of sp³-hybridized carbons (Fsp3) is 1.00. The Morgan fingerprint density at radius 2 is 1.52 bits per heavy atom. The zero-order valence-corrected chi connectivity index (χ0v) is 15.3. The van der Waals surface area contributed by atoms with E-state index in [1.54, 1.807) is 0 Å². The first-order valence-corrected chi connectivity index (χ1v) is 9.57. The Labute approximate surface area is 140 Å². The summed E-state index contributed by atoms with van der Waals surface area (Å²) >= 11 is 0. The number of rotatable bonds is 0. The van der Waals surface area contributed by atoms with Crippen LogP contribution in [0.25, 0.3) is 0 Å². The average molecular weight is 322 g/mol. The lowest BCUT2D eigenvalue weighted by atomic mass is 9.32. The second kappa shape index (κ2) is 4.34. The monoisotopic (exact) mass is 322 g/mol. The SMILES string of the molecule is CC1C(O)C(O)C2CC3(C)CCC4C3C1(CCC4(C)O)C2(C)C. The second-order valence-electron chi connectivity index (χ2n) is 10.5. The normalized spacial score (nSPS) is 63.7. The molecule has 4 aliphatic rings. The van der Waals surface area contributed by atoms with Crippen LogP contribution in [0.4, 0.5) is 0 Å². The lowest BCUT2D eigenvalue weighted by Crippen LogP contribution is -2.73. The molecule has 4 saturated carbocycles. The second-order valence-corrected chi connectivity index (χ2v) is 10.5. The lowest BCUT2D eigenvalue weighted by Gasteiger charge is -2.73. The minimum Gasteiger partial charge on any atom is -0.390 e. The van der Waals surface area contributed by atoms with Crippen LogP contribution in [-0.2, 0) is 0 Å². The number of aliphatic hydroxyl groups excluding tert-OH is 2. The Balaban J connectivity index is 1.94. The minimum absolute atomic E-state index is 0.00826. The molecular formula is C20H34O3. The highest BCUT2D eigenvalue weighted by atomic mass is 16.3. The van der Waals surface area contributed by atoms with Crippen molar-refractivity contribution in [3.8, 4) is 0 Å². The molecule has 0 amide bonds. The lowest BCUT2D eigenvalue weighted by molar-refractivity contribution is -0.299. The summed E-state index contributed by atoms with van der Waals surface area (Å²) in [5, 5.41) is 32.7. The molecule has 4 aliphatic carbocycles. The molecule has 23 heavy (non-hydrogen) atoms. The van der Waals surface area contributed by atoms with Gasteiger partial charge in [-0.2, -0.15) is 0 Å². The highest BCUT2D eigenvalue weighted by molar-refractivity contribution is 5.24. The van der Waals surface area contributed by atoms with Crippen molar-refractivity contribution in [2.75, 3.05) is 0 Å². The number of aliphatic hydroxyl groups is 3. The first-order valence-electron chi connectivity index (χ1n) is 9.57. The van der Waals surface area contributed by atoms with Crippen molar-refractivity contribution in [1.82, 2.24) is 0 Å². The van der Waals surface area contributed by atoms with Crippen molar-refractivity contribution >= 4 is 0 Å². The van der Waals surface area contributed by atoms with Crippen LogP contribution in [0.2, 0.25) is 0 Å². The molecule has 3 N–H and O–H groups in total. The van der Waals surface area contributed by atoms with Gasteiger partial charge in [0.05, 0.1) is 17.8 Å². The molecule has 9 unspecified atom stereocenters. The van der Waals surface area contributed by atoms with Gasteiger partial charge in [0, 0.05) is 0 Å². The van der Waals surface area contributed by atoms with E-state index >= 15 is 0 Å². The summed E-state index contributed by atoms with van der Waals surface area (Å²) in [6.07, 6.45) is 3.81. The van der Waals surface area contributed by atoms with Crippen LogP contribution in [0, 0.1) is 39.9 Å². The molecule has 132 valence electrons. The van der Waals surface area contributed by atoms with Crippen LogP contribution in [0.1, 0.15) is 66.7 Å². The molecule has 0 saturated heterocycles. The van der Waals surface area contributed by atoms with E-state index < -0.39 is 17.8 Å². The molecule has 4 rings (SSSR count). The third-order valence-electron chi connectivity index (χ3n) is 9.48. The van der Waals surface area contributed by atoms with E-state index in [-0.39, 0.29) is 28.1 Å². The summed E-state index contributed by atoms with van der Waals surface area (Å²) < 4.78 is 0. The molecule has 3 heteroatoms.